The molecule has 0 saturated heterocycles. The number of anilines is 1. The first-order valence-electron chi connectivity index (χ1n) is 5.61. The van der Waals surface area contributed by atoms with E-state index < -0.39 is 17.3 Å². The molecule has 0 radical (unpaired) electrons. The van der Waals surface area contributed by atoms with Gasteiger partial charge in [0.25, 0.3) is 12.3 Å². The van der Waals surface area contributed by atoms with Crippen LogP contribution in [0.4, 0.5) is 13.9 Å². The fourth-order valence-corrected chi connectivity index (χ4v) is 2.19. The van der Waals surface area contributed by atoms with Crippen LogP contribution in [0.5, 0.6) is 0 Å². The number of H-pyrrole nitrogens is 1. The normalized spacial score (nSPS) is 14.9. The maximum absolute atomic E-state index is 12.3. The van der Waals surface area contributed by atoms with E-state index in [1.165, 1.54) is 0 Å². The molecule has 1 aliphatic rings. The van der Waals surface area contributed by atoms with E-state index in [0.717, 1.165) is 18.5 Å². The standard InChI is InChI=1S/C10H9F2N5OS/c11-7(12)9-16-17-10(19-9)13-8(18)6-3-5(14-15-6)4-1-2-4/h3-4,7H,1-2H2,(H,14,15)(H,13,17,18). The van der Waals surface area contributed by atoms with Gasteiger partial charge in [-0.15, -0.1) is 10.2 Å². The zero-order valence-corrected chi connectivity index (χ0v) is 10.4. The number of carbonyl (C=O) groups excluding carboxylic acids is 1. The first-order chi connectivity index (χ1) is 9.13. The lowest BCUT2D eigenvalue weighted by Crippen LogP contribution is -2.12. The Morgan fingerprint density at radius 2 is 2.26 bits per heavy atom. The minimum Gasteiger partial charge on any atom is -0.295 e. The van der Waals surface area contributed by atoms with E-state index in [2.05, 4.69) is 25.7 Å². The topological polar surface area (TPSA) is 83.6 Å². The molecule has 2 heterocycles. The number of amides is 1. The Morgan fingerprint density at radius 3 is 2.89 bits per heavy atom. The van der Waals surface area contributed by atoms with Crippen LogP contribution in [0.25, 0.3) is 0 Å². The van der Waals surface area contributed by atoms with Gasteiger partial charge in [0.2, 0.25) is 5.13 Å². The van der Waals surface area contributed by atoms with Crippen molar-refractivity contribution in [1.29, 1.82) is 0 Å². The van der Waals surface area contributed by atoms with E-state index >= 15 is 0 Å². The fourth-order valence-electron chi connectivity index (χ4n) is 1.59. The summed E-state index contributed by atoms with van der Waals surface area (Å²) < 4.78 is 24.6. The highest BCUT2D eigenvalue weighted by molar-refractivity contribution is 7.15. The van der Waals surface area contributed by atoms with Crippen LogP contribution in [0.1, 0.15) is 46.4 Å². The number of nitrogens with zero attached hydrogens (tertiary/aromatic N) is 3. The zero-order chi connectivity index (χ0) is 13.4. The van der Waals surface area contributed by atoms with Gasteiger partial charge >= 0.3 is 0 Å². The van der Waals surface area contributed by atoms with E-state index in [-0.39, 0.29) is 10.8 Å². The summed E-state index contributed by atoms with van der Waals surface area (Å²) in [6.45, 7) is 0. The van der Waals surface area contributed by atoms with Gasteiger partial charge in [-0.1, -0.05) is 11.3 Å². The Bertz CT molecular complexity index is 607. The first-order valence-corrected chi connectivity index (χ1v) is 6.43. The largest absolute Gasteiger partial charge is 0.295 e. The molecule has 2 aromatic heterocycles. The second-order valence-corrected chi connectivity index (χ2v) is 5.19. The smallest absolute Gasteiger partial charge is 0.291 e. The van der Waals surface area contributed by atoms with Crippen LogP contribution in [0, 0.1) is 0 Å². The number of alkyl halides is 2. The number of aromatic amines is 1. The van der Waals surface area contributed by atoms with E-state index in [0.29, 0.717) is 17.3 Å². The predicted octanol–water partition coefficient (Wildman–Crippen LogP) is 2.33. The number of rotatable bonds is 4. The van der Waals surface area contributed by atoms with Crippen LogP contribution in [-0.2, 0) is 0 Å². The Hall–Kier alpha value is -1.90. The summed E-state index contributed by atoms with van der Waals surface area (Å²) in [5.41, 5.74) is 1.14. The molecule has 0 unspecified atom stereocenters. The van der Waals surface area contributed by atoms with Gasteiger partial charge in [-0.2, -0.15) is 5.10 Å². The first kappa shape index (κ1) is 12.2. The molecule has 1 aliphatic carbocycles. The molecule has 3 rings (SSSR count). The van der Waals surface area contributed by atoms with Crippen molar-refractivity contribution in [3.8, 4) is 0 Å². The Kier molecular flexibility index (Phi) is 2.97. The summed E-state index contributed by atoms with van der Waals surface area (Å²) in [5.74, 6) is -0.0267. The minimum atomic E-state index is -2.69. The van der Waals surface area contributed by atoms with Crippen molar-refractivity contribution >= 4 is 22.4 Å². The molecule has 2 N–H and O–H groups in total. The molecule has 1 saturated carbocycles. The number of hydrogen-bond donors (Lipinski definition) is 2. The number of halogens is 2. The van der Waals surface area contributed by atoms with Gasteiger partial charge in [0.15, 0.2) is 10.7 Å². The van der Waals surface area contributed by atoms with Crippen LogP contribution >= 0.6 is 11.3 Å². The average Bonchev–Trinajstić information content (AvgIpc) is 2.92. The molecule has 0 spiro atoms. The monoisotopic (exact) mass is 285 g/mol. The summed E-state index contributed by atoms with van der Waals surface area (Å²) in [6.07, 6.45) is -0.496. The van der Waals surface area contributed by atoms with E-state index in [9.17, 15) is 13.6 Å². The molecule has 0 atom stereocenters. The third kappa shape index (κ3) is 2.60. The summed E-state index contributed by atoms with van der Waals surface area (Å²) in [6, 6.07) is 1.67. The number of carbonyl (C=O) groups is 1. The maximum Gasteiger partial charge on any atom is 0.291 e. The molecular formula is C10H9F2N5OS. The van der Waals surface area contributed by atoms with Gasteiger partial charge in [0.05, 0.1) is 0 Å². The van der Waals surface area contributed by atoms with Gasteiger partial charge in [-0.25, -0.2) is 8.78 Å². The van der Waals surface area contributed by atoms with Gasteiger partial charge < -0.3 is 0 Å². The van der Waals surface area contributed by atoms with Crippen LogP contribution in [0.2, 0.25) is 0 Å². The summed E-state index contributed by atoms with van der Waals surface area (Å²) in [4.78, 5) is 11.8. The third-order valence-corrected chi connectivity index (χ3v) is 3.54. The Balaban J connectivity index is 1.68. The Morgan fingerprint density at radius 1 is 1.47 bits per heavy atom. The van der Waals surface area contributed by atoms with E-state index in [1.54, 1.807) is 6.07 Å². The second-order valence-electron chi connectivity index (χ2n) is 4.18. The molecule has 0 bridgehead atoms. The highest BCUT2D eigenvalue weighted by Gasteiger charge is 2.26. The minimum absolute atomic E-state index is 0.0382. The molecule has 0 aliphatic heterocycles. The second kappa shape index (κ2) is 4.65. The van der Waals surface area contributed by atoms with Crippen molar-refractivity contribution < 1.29 is 13.6 Å². The van der Waals surface area contributed by atoms with Crippen molar-refractivity contribution in [3.05, 3.63) is 22.5 Å². The molecule has 1 amide bonds. The van der Waals surface area contributed by atoms with Crippen LogP contribution < -0.4 is 5.32 Å². The van der Waals surface area contributed by atoms with Gasteiger partial charge in [0, 0.05) is 11.6 Å². The summed E-state index contributed by atoms with van der Waals surface area (Å²) in [5, 5.41) is 15.5. The molecule has 6 nitrogen and oxygen atoms in total. The molecule has 9 heteroatoms. The van der Waals surface area contributed by atoms with Gasteiger partial charge in [0.1, 0.15) is 0 Å². The third-order valence-electron chi connectivity index (χ3n) is 2.70. The van der Waals surface area contributed by atoms with Crippen molar-refractivity contribution in [2.75, 3.05) is 5.32 Å². The van der Waals surface area contributed by atoms with Crippen LogP contribution in [0.15, 0.2) is 6.07 Å². The molecule has 2 aromatic rings. The number of aromatic nitrogens is 4. The lowest BCUT2D eigenvalue weighted by Gasteiger charge is -1.95. The Labute approximate surface area is 110 Å². The van der Waals surface area contributed by atoms with Crippen LogP contribution in [0.3, 0.4) is 0 Å². The average molecular weight is 285 g/mol. The van der Waals surface area contributed by atoms with Crippen molar-refractivity contribution in [2.45, 2.75) is 25.2 Å². The lowest BCUT2D eigenvalue weighted by atomic mass is 10.2. The molecule has 0 aromatic carbocycles. The number of hydrogen-bond acceptors (Lipinski definition) is 5. The molecule has 19 heavy (non-hydrogen) atoms. The number of nitrogens with one attached hydrogen (secondary N) is 2. The summed E-state index contributed by atoms with van der Waals surface area (Å²) in [7, 11) is 0. The van der Waals surface area contributed by atoms with Crippen LogP contribution in [-0.4, -0.2) is 26.3 Å². The van der Waals surface area contributed by atoms with E-state index in [4.69, 9.17) is 0 Å². The molecule has 100 valence electrons. The van der Waals surface area contributed by atoms with Gasteiger partial charge in [-0.05, 0) is 18.9 Å². The quantitative estimate of drug-likeness (QED) is 0.903. The zero-order valence-electron chi connectivity index (χ0n) is 9.56. The van der Waals surface area contributed by atoms with Crippen molar-refractivity contribution in [2.24, 2.45) is 0 Å². The highest BCUT2D eigenvalue weighted by Crippen LogP contribution is 2.39. The van der Waals surface area contributed by atoms with Crippen molar-refractivity contribution in [3.63, 3.8) is 0 Å². The summed E-state index contributed by atoms with van der Waals surface area (Å²) >= 11 is 0.647. The SMILES string of the molecule is O=C(Nc1nnc(C(F)F)s1)c1cc(C2CC2)[nH]n1. The predicted molar refractivity (Wildman–Crippen MR) is 63.4 cm³/mol. The maximum atomic E-state index is 12.3. The molecule has 1 fully saturated rings. The lowest BCUT2D eigenvalue weighted by molar-refractivity contribution is 0.102. The molecular weight excluding hydrogens is 276 g/mol. The highest BCUT2D eigenvalue weighted by atomic mass is 32.1. The van der Waals surface area contributed by atoms with E-state index in [1.807, 2.05) is 0 Å². The fraction of sp³-hybridized carbons (Fsp3) is 0.400. The van der Waals surface area contributed by atoms with Crippen molar-refractivity contribution in [1.82, 2.24) is 20.4 Å². The van der Waals surface area contributed by atoms with Gasteiger partial charge in [-0.3, -0.25) is 15.2 Å².